The molecule has 0 aliphatic heterocycles. The van der Waals surface area contributed by atoms with E-state index in [1.165, 1.54) is 125 Å². The fourth-order valence-electron chi connectivity index (χ4n) is 4.24. The number of hydrogen-bond donors (Lipinski definition) is 1. The van der Waals surface area contributed by atoms with E-state index in [1.54, 1.807) is 0 Å². The normalized spacial score (nSPS) is 11.9. The van der Waals surface area contributed by atoms with E-state index in [-0.39, 0.29) is 0 Å². The second kappa shape index (κ2) is 18.2. The summed E-state index contributed by atoms with van der Waals surface area (Å²) < 4.78 is 1.11. The molecule has 0 atom stereocenters. The monoisotopic (exact) mass is 419 g/mol. The average molecular weight is 420 g/mol. The van der Waals surface area contributed by atoms with Crippen LogP contribution in [0.4, 0.5) is 0 Å². The van der Waals surface area contributed by atoms with Crippen LogP contribution in [0.2, 0.25) is 0 Å². The molecule has 29 heavy (non-hydrogen) atoms. The molecule has 0 saturated carbocycles. The third kappa shape index (κ3) is 16.8. The van der Waals surface area contributed by atoms with Crippen molar-refractivity contribution in [3.05, 3.63) is 35.9 Å². The maximum Gasteiger partial charge on any atom is 0.104 e. The van der Waals surface area contributed by atoms with Crippen molar-refractivity contribution in [2.75, 3.05) is 33.4 Å². The highest BCUT2D eigenvalue weighted by Gasteiger charge is 2.14. The van der Waals surface area contributed by atoms with Crippen LogP contribution in [-0.4, -0.2) is 48.1 Å². The van der Waals surface area contributed by atoms with Crippen molar-refractivity contribution in [3.8, 4) is 0 Å². The van der Waals surface area contributed by atoms with Crippen molar-refractivity contribution >= 4 is 10.2 Å². The number of benzene rings is 1. The molecule has 0 heterocycles. The molecule has 1 aromatic carbocycles. The summed E-state index contributed by atoms with van der Waals surface area (Å²) in [6, 6.07) is 10.9. The van der Waals surface area contributed by atoms with Gasteiger partial charge in [-0.2, -0.15) is 0 Å². The van der Waals surface area contributed by atoms with Crippen molar-refractivity contribution in [1.82, 2.24) is 5.32 Å². The predicted octanol–water partition coefficient (Wildman–Crippen LogP) is 5.64. The SMILES string of the molecule is C[N+](C)(CCCCCCCCCCCCCCCCNC[SiH3])Cc1ccccc1. The van der Waals surface area contributed by atoms with Gasteiger partial charge in [-0.1, -0.05) is 101 Å². The van der Waals surface area contributed by atoms with Gasteiger partial charge in [-0.3, -0.25) is 0 Å². The molecule has 0 spiro atoms. The highest BCUT2D eigenvalue weighted by atomic mass is 28.1. The minimum absolute atomic E-state index is 1.11. The first-order chi connectivity index (χ1) is 14.1. The first kappa shape index (κ1) is 26.4. The zero-order chi connectivity index (χ0) is 21.0. The van der Waals surface area contributed by atoms with Gasteiger partial charge in [-0.15, -0.1) is 0 Å². The molecule has 2 nitrogen and oxygen atoms in total. The molecule has 1 N–H and O–H groups in total. The Balaban J connectivity index is 1.81. The Labute approximate surface area is 185 Å². The lowest BCUT2D eigenvalue weighted by Gasteiger charge is -2.30. The molecule has 1 aromatic rings. The quantitative estimate of drug-likeness (QED) is 0.164. The molecule has 168 valence electrons. The van der Waals surface area contributed by atoms with Gasteiger partial charge in [-0.05, 0) is 32.0 Å². The Morgan fingerprint density at radius 1 is 0.655 bits per heavy atom. The van der Waals surface area contributed by atoms with Crippen molar-refractivity contribution in [2.45, 2.75) is 96.4 Å². The molecule has 0 aliphatic carbocycles. The van der Waals surface area contributed by atoms with Gasteiger partial charge in [0.05, 0.1) is 20.6 Å². The fraction of sp³-hybridized carbons (Fsp3) is 0.769. The van der Waals surface area contributed by atoms with Crippen LogP contribution in [0.25, 0.3) is 0 Å². The second-order valence-corrected chi connectivity index (χ2v) is 10.3. The molecule has 0 aliphatic rings. The molecule has 0 aromatic heterocycles. The Morgan fingerprint density at radius 2 is 1.10 bits per heavy atom. The van der Waals surface area contributed by atoms with E-state index in [9.17, 15) is 0 Å². The minimum atomic E-state index is 1.11. The highest BCUT2D eigenvalue weighted by molar-refractivity contribution is 6.08. The van der Waals surface area contributed by atoms with E-state index >= 15 is 0 Å². The van der Waals surface area contributed by atoms with E-state index in [0.29, 0.717) is 0 Å². The minimum Gasteiger partial charge on any atom is -0.325 e. The molecule has 0 saturated heterocycles. The summed E-state index contributed by atoms with van der Waals surface area (Å²) in [5, 5.41) is 3.47. The summed E-state index contributed by atoms with van der Waals surface area (Å²) in [7, 11) is 6.04. The third-order valence-corrected chi connectivity index (χ3v) is 6.57. The summed E-state index contributed by atoms with van der Waals surface area (Å²) in [6.07, 6.45) is 21.4. The zero-order valence-electron chi connectivity index (χ0n) is 20.1. The summed E-state index contributed by atoms with van der Waals surface area (Å²) in [4.78, 5) is 0. The molecule has 0 amide bonds. The van der Waals surface area contributed by atoms with Crippen LogP contribution in [0.15, 0.2) is 30.3 Å². The number of quaternary nitrogens is 1. The Kier molecular flexibility index (Phi) is 16.5. The molecular weight excluding hydrogens is 368 g/mol. The molecular formula is C26H51N2Si+. The van der Waals surface area contributed by atoms with E-state index in [4.69, 9.17) is 0 Å². The third-order valence-electron chi connectivity index (χ3n) is 6.07. The average Bonchev–Trinajstić information content (AvgIpc) is 2.70. The van der Waals surface area contributed by atoms with Crippen molar-refractivity contribution in [3.63, 3.8) is 0 Å². The van der Waals surface area contributed by atoms with Gasteiger partial charge < -0.3 is 9.80 Å². The fourth-order valence-corrected chi connectivity index (χ4v) is 4.60. The first-order valence-corrected chi connectivity index (χ1v) is 14.1. The number of rotatable bonds is 20. The summed E-state index contributed by atoms with van der Waals surface area (Å²) in [6.45, 7) is 3.69. The first-order valence-electron chi connectivity index (χ1n) is 12.7. The van der Waals surface area contributed by atoms with Crippen LogP contribution in [0.3, 0.4) is 0 Å². The van der Waals surface area contributed by atoms with Gasteiger partial charge in [0, 0.05) is 15.8 Å². The van der Waals surface area contributed by atoms with Crippen LogP contribution in [0.1, 0.15) is 95.5 Å². The van der Waals surface area contributed by atoms with Crippen LogP contribution >= 0.6 is 0 Å². The Morgan fingerprint density at radius 3 is 1.59 bits per heavy atom. The van der Waals surface area contributed by atoms with Crippen molar-refractivity contribution in [2.24, 2.45) is 0 Å². The lowest BCUT2D eigenvalue weighted by Crippen LogP contribution is -2.39. The molecule has 0 unspecified atom stereocenters. The molecule has 1 rings (SSSR count). The lowest BCUT2D eigenvalue weighted by molar-refractivity contribution is -0.903. The molecule has 3 heteroatoms. The van der Waals surface area contributed by atoms with Crippen LogP contribution < -0.4 is 5.32 Å². The zero-order valence-corrected chi connectivity index (χ0v) is 22.1. The van der Waals surface area contributed by atoms with Gasteiger partial charge in [0.1, 0.15) is 6.54 Å². The van der Waals surface area contributed by atoms with Crippen LogP contribution in [0.5, 0.6) is 0 Å². The lowest BCUT2D eigenvalue weighted by atomic mass is 10.0. The van der Waals surface area contributed by atoms with E-state index in [1.807, 2.05) is 0 Å². The molecule has 0 fully saturated rings. The summed E-state index contributed by atoms with van der Waals surface area (Å²) in [5.41, 5.74) is 1.46. The number of nitrogens with zero attached hydrogens (tertiary/aromatic N) is 1. The summed E-state index contributed by atoms with van der Waals surface area (Å²) >= 11 is 0. The standard InChI is InChI=1S/C26H51N2Si/c1-28(2,24-26-20-16-15-17-21-26)23-19-14-12-10-8-6-4-3-5-7-9-11-13-18-22-27-25-29/h15-17,20-21,27H,3-14,18-19,22-25H2,1-2,29H3/q+1. The van der Waals surface area contributed by atoms with Crippen molar-refractivity contribution in [1.29, 1.82) is 0 Å². The Hall–Kier alpha value is -0.643. The van der Waals surface area contributed by atoms with Gasteiger partial charge >= 0.3 is 0 Å². The highest BCUT2D eigenvalue weighted by Crippen LogP contribution is 2.15. The van der Waals surface area contributed by atoms with Gasteiger partial charge in [0.25, 0.3) is 0 Å². The van der Waals surface area contributed by atoms with Gasteiger partial charge in [0.2, 0.25) is 0 Å². The smallest absolute Gasteiger partial charge is 0.104 e. The topological polar surface area (TPSA) is 12.0 Å². The maximum atomic E-state index is 3.47. The number of nitrogens with one attached hydrogen (secondary N) is 1. The van der Waals surface area contributed by atoms with Crippen LogP contribution in [-0.2, 0) is 6.54 Å². The van der Waals surface area contributed by atoms with Gasteiger partial charge in [0.15, 0.2) is 0 Å². The van der Waals surface area contributed by atoms with E-state index in [0.717, 1.165) is 11.0 Å². The predicted molar refractivity (Wildman–Crippen MR) is 135 cm³/mol. The maximum absolute atomic E-state index is 3.47. The molecule has 0 radical (unpaired) electrons. The van der Waals surface area contributed by atoms with E-state index in [2.05, 4.69) is 49.7 Å². The Bertz CT molecular complexity index is 461. The number of unbranched alkanes of at least 4 members (excludes halogenated alkanes) is 13. The van der Waals surface area contributed by atoms with Gasteiger partial charge in [-0.25, -0.2) is 0 Å². The van der Waals surface area contributed by atoms with Crippen molar-refractivity contribution < 1.29 is 4.48 Å². The molecule has 0 bridgehead atoms. The van der Waals surface area contributed by atoms with Crippen LogP contribution in [0, 0.1) is 0 Å². The van der Waals surface area contributed by atoms with E-state index < -0.39 is 0 Å². The second-order valence-electron chi connectivity index (χ2n) is 9.61. The number of hydrogen-bond acceptors (Lipinski definition) is 1. The summed E-state index contributed by atoms with van der Waals surface area (Å²) in [5.74, 6) is 0. The largest absolute Gasteiger partial charge is 0.325 e.